The van der Waals surface area contributed by atoms with Crippen molar-refractivity contribution < 1.29 is 18.0 Å². The number of nitrogens with two attached hydrogens (primary N) is 1. The first-order valence-corrected chi connectivity index (χ1v) is 6.56. The van der Waals surface area contributed by atoms with E-state index in [0.717, 1.165) is 11.4 Å². The Labute approximate surface area is 100 Å². The fourth-order valence-corrected chi connectivity index (χ4v) is 2.75. The van der Waals surface area contributed by atoms with Crippen LogP contribution in [0.25, 0.3) is 0 Å². The Bertz CT molecular complexity index is 630. The van der Waals surface area contributed by atoms with Gasteiger partial charge in [-0.2, -0.15) is 0 Å². The van der Waals surface area contributed by atoms with Crippen LogP contribution in [0.15, 0.2) is 17.0 Å². The number of nitrogen functional groups attached to an aromatic ring is 1. The van der Waals surface area contributed by atoms with Gasteiger partial charge < -0.3 is 10.3 Å². The van der Waals surface area contributed by atoms with E-state index in [2.05, 4.69) is 4.99 Å². The van der Waals surface area contributed by atoms with Crippen LogP contribution in [0.5, 0.6) is 0 Å². The summed E-state index contributed by atoms with van der Waals surface area (Å²) < 4.78 is 33.3. The summed E-state index contributed by atoms with van der Waals surface area (Å²) in [5.41, 5.74) is 7.89. The smallest absolute Gasteiger partial charge is 0.209 e. The van der Waals surface area contributed by atoms with Crippen molar-refractivity contribution in [3.8, 4) is 0 Å². The predicted octanol–water partition coefficient (Wildman–Crippen LogP) is -0.363. The number of fused-ring (bicyclic) bond motifs is 1. The van der Waals surface area contributed by atoms with E-state index in [4.69, 9.17) is 5.73 Å². The van der Waals surface area contributed by atoms with E-state index in [1.165, 1.54) is 6.07 Å². The molecule has 0 aromatic heterocycles. The van der Waals surface area contributed by atoms with Gasteiger partial charge in [-0.25, -0.2) is 13.4 Å². The Hall–Kier alpha value is -1.40. The van der Waals surface area contributed by atoms with Gasteiger partial charge in [0.25, 0.3) is 0 Å². The highest BCUT2D eigenvalue weighted by molar-refractivity contribution is 7.86. The Morgan fingerprint density at radius 3 is 2.47 bits per heavy atom. The molecule has 1 heterocycles. The number of anilines is 1. The summed E-state index contributed by atoms with van der Waals surface area (Å²) in [6.07, 6.45) is 0. The van der Waals surface area contributed by atoms with Crippen molar-refractivity contribution in [2.45, 2.75) is 31.1 Å². The molecule has 0 amide bonds. The Morgan fingerprint density at radius 2 is 1.94 bits per heavy atom. The molecule has 1 aliphatic rings. The van der Waals surface area contributed by atoms with Crippen molar-refractivity contribution in [2.24, 2.45) is 0 Å². The van der Waals surface area contributed by atoms with Crippen molar-refractivity contribution >= 4 is 27.2 Å². The summed E-state index contributed by atoms with van der Waals surface area (Å²) in [4.78, 5) is 2.80. The Morgan fingerprint density at radius 1 is 1.35 bits per heavy atom. The molecule has 0 spiro atoms. The Kier molecular flexibility index (Phi) is 2.34. The lowest BCUT2D eigenvalue weighted by atomic mass is 9.81. The molecule has 0 aliphatic carbocycles. The van der Waals surface area contributed by atoms with E-state index in [-0.39, 0.29) is 16.0 Å². The molecule has 1 aliphatic heterocycles. The molecular weight excluding hydrogens is 240 g/mol. The van der Waals surface area contributed by atoms with Gasteiger partial charge in [-0.3, -0.25) is 0 Å². The van der Waals surface area contributed by atoms with Crippen molar-refractivity contribution in [3.63, 3.8) is 0 Å². The molecule has 0 bridgehead atoms. The summed E-state index contributed by atoms with van der Waals surface area (Å²) in [5.74, 6) is 0. The molecule has 0 saturated carbocycles. The molecule has 1 aromatic rings. The van der Waals surface area contributed by atoms with Gasteiger partial charge >= 0.3 is 0 Å². The van der Waals surface area contributed by atoms with Gasteiger partial charge in [-0.15, -0.1) is 0 Å². The van der Waals surface area contributed by atoms with Crippen LogP contribution in [-0.2, 0) is 15.5 Å². The van der Waals surface area contributed by atoms with E-state index in [0.29, 0.717) is 5.56 Å². The highest BCUT2D eigenvalue weighted by Gasteiger charge is 2.41. The van der Waals surface area contributed by atoms with Crippen LogP contribution in [-0.4, -0.2) is 18.7 Å². The summed E-state index contributed by atoms with van der Waals surface area (Å²) in [7, 11) is -4.53. The minimum atomic E-state index is -4.53. The van der Waals surface area contributed by atoms with Crippen LogP contribution in [0.4, 0.5) is 11.4 Å². The monoisotopic (exact) mass is 254 g/mol. The van der Waals surface area contributed by atoms with E-state index in [9.17, 15) is 13.0 Å². The summed E-state index contributed by atoms with van der Waals surface area (Å²) >= 11 is 0. The zero-order valence-electron chi connectivity index (χ0n) is 9.87. The average Bonchev–Trinajstić information content (AvgIpc) is 2.36. The number of nitrogens with one attached hydrogen (secondary N) is 1. The molecule has 1 aromatic carbocycles. The van der Waals surface area contributed by atoms with Crippen LogP contribution in [0.2, 0.25) is 0 Å². The van der Waals surface area contributed by atoms with Gasteiger partial charge in [0, 0.05) is 13.0 Å². The summed E-state index contributed by atoms with van der Waals surface area (Å²) in [5, 5.41) is 0. The summed E-state index contributed by atoms with van der Waals surface area (Å²) in [6.45, 7) is 5.77. The van der Waals surface area contributed by atoms with E-state index >= 15 is 0 Å². The van der Waals surface area contributed by atoms with Crippen molar-refractivity contribution in [3.05, 3.63) is 17.7 Å². The highest BCUT2D eigenvalue weighted by atomic mass is 32.2. The zero-order valence-corrected chi connectivity index (χ0v) is 10.7. The van der Waals surface area contributed by atoms with Crippen LogP contribution in [0.1, 0.15) is 26.3 Å². The van der Waals surface area contributed by atoms with Gasteiger partial charge in [0.15, 0.2) is 5.71 Å². The molecule has 0 fully saturated rings. The van der Waals surface area contributed by atoms with Crippen molar-refractivity contribution in [2.75, 3.05) is 5.73 Å². The quantitative estimate of drug-likeness (QED) is 0.528. The lowest BCUT2D eigenvalue weighted by Gasteiger charge is -2.19. The number of rotatable bonds is 1. The molecule has 3 N–H and O–H groups in total. The lowest BCUT2D eigenvalue weighted by Crippen LogP contribution is -2.64. The first-order valence-electron chi connectivity index (χ1n) is 5.15. The van der Waals surface area contributed by atoms with E-state index in [1.54, 1.807) is 6.07 Å². The van der Waals surface area contributed by atoms with Gasteiger partial charge in [-0.05, 0) is 19.9 Å². The molecule has 0 unspecified atom stereocenters. The third-order valence-corrected chi connectivity index (χ3v) is 4.25. The third kappa shape index (κ3) is 1.64. The van der Waals surface area contributed by atoms with Crippen molar-refractivity contribution in [1.82, 2.24) is 0 Å². The van der Waals surface area contributed by atoms with Crippen LogP contribution < -0.4 is 10.7 Å². The van der Waals surface area contributed by atoms with Crippen molar-refractivity contribution in [1.29, 1.82) is 0 Å². The predicted molar refractivity (Wildman–Crippen MR) is 63.1 cm³/mol. The second kappa shape index (κ2) is 3.30. The van der Waals surface area contributed by atoms with Crippen LogP contribution in [0.3, 0.4) is 0 Å². The first kappa shape index (κ1) is 12.1. The Balaban J connectivity index is 2.79. The zero-order chi connectivity index (χ0) is 13.0. The van der Waals surface area contributed by atoms with Crippen LogP contribution >= 0.6 is 0 Å². The second-order valence-corrected chi connectivity index (χ2v) is 6.08. The minimum absolute atomic E-state index is 0.0480. The lowest BCUT2D eigenvalue weighted by molar-refractivity contribution is -0.351. The van der Waals surface area contributed by atoms with Gasteiger partial charge in [0.05, 0.1) is 21.6 Å². The van der Waals surface area contributed by atoms with Gasteiger partial charge in [-0.1, -0.05) is 0 Å². The number of hydrogen-bond donors (Lipinski definition) is 2. The number of benzene rings is 1. The van der Waals surface area contributed by atoms with Gasteiger partial charge in [0.2, 0.25) is 5.69 Å². The molecule has 2 rings (SSSR count). The molecule has 0 atom stereocenters. The molecule has 0 radical (unpaired) electrons. The molecule has 5 nitrogen and oxygen atoms in total. The second-order valence-electron chi connectivity index (χ2n) is 4.73. The first-order chi connectivity index (χ1) is 7.65. The SMILES string of the molecule is CC1=[NH+]c2ccc(S(=O)(=O)[O-])c(N)c2C1(C)C. The van der Waals surface area contributed by atoms with Crippen LogP contribution in [0, 0.1) is 0 Å². The van der Waals surface area contributed by atoms with Gasteiger partial charge in [0.1, 0.15) is 10.1 Å². The van der Waals surface area contributed by atoms with E-state index in [1.807, 2.05) is 20.8 Å². The maximum Gasteiger partial charge on any atom is 0.209 e. The minimum Gasteiger partial charge on any atom is -0.744 e. The molecular formula is C11H14N2O3S. The average molecular weight is 254 g/mol. The molecule has 6 heteroatoms. The highest BCUT2D eigenvalue weighted by Crippen LogP contribution is 2.38. The molecule has 0 saturated heterocycles. The van der Waals surface area contributed by atoms with E-state index < -0.39 is 10.1 Å². The standard InChI is InChI=1S/C11H14N2O3S/c1-6-11(2,3)9-7(13-6)4-5-8(10(9)12)17(14,15)16/h4-5H,12H2,1-3H3,(H,14,15,16). The summed E-state index contributed by atoms with van der Waals surface area (Å²) in [6, 6.07) is 2.83. The number of hydrogen-bond acceptors (Lipinski definition) is 4. The topological polar surface area (TPSA) is 97.2 Å². The maximum atomic E-state index is 11.1. The largest absolute Gasteiger partial charge is 0.744 e. The third-order valence-electron chi connectivity index (χ3n) is 3.36. The maximum absolute atomic E-state index is 11.1. The fraction of sp³-hybridized carbons (Fsp3) is 0.364. The fourth-order valence-electron chi connectivity index (χ4n) is 2.14. The molecule has 92 valence electrons. The molecule has 17 heavy (non-hydrogen) atoms. The normalized spacial score (nSPS) is 17.8.